The molecule has 0 spiro atoms. The van der Waals surface area contributed by atoms with E-state index in [-0.39, 0.29) is 113 Å². The van der Waals surface area contributed by atoms with E-state index in [1.807, 2.05) is 21.1 Å². The van der Waals surface area contributed by atoms with Gasteiger partial charge in [-0.25, -0.2) is 16.8 Å². The van der Waals surface area contributed by atoms with Crippen LogP contribution in [0.15, 0.2) is 50.4 Å². The molecule has 0 saturated carbocycles. The van der Waals surface area contributed by atoms with Crippen LogP contribution in [0, 0.1) is 0 Å². The first-order chi connectivity index (χ1) is 20.0. The molecule has 3 N–H and O–H groups in total. The number of azo groups is 1. The van der Waals surface area contributed by atoms with Gasteiger partial charge in [0.05, 0.1) is 68.1 Å². The number of anilines is 3. The maximum absolute atomic E-state index is 12.7. The number of halogens is 1. The summed E-state index contributed by atoms with van der Waals surface area (Å²) >= 11 is 6.59. The molecule has 234 valence electrons. The van der Waals surface area contributed by atoms with E-state index in [0.717, 1.165) is 6.07 Å². The number of methoxy groups -OCH3 is 1. The van der Waals surface area contributed by atoms with E-state index in [0.29, 0.717) is 18.0 Å². The van der Waals surface area contributed by atoms with E-state index in [4.69, 9.17) is 22.1 Å². The smallest absolute Gasteiger partial charge is 0.726 e. The maximum Gasteiger partial charge on any atom is 1.00 e. The van der Waals surface area contributed by atoms with Crippen LogP contribution < -0.4 is 84.6 Å². The van der Waals surface area contributed by atoms with Crippen molar-refractivity contribution in [3.63, 3.8) is 0 Å². The van der Waals surface area contributed by atoms with Gasteiger partial charge < -0.3 is 25.6 Å². The van der Waals surface area contributed by atoms with Crippen molar-refractivity contribution in [3.8, 4) is 5.75 Å². The third-order valence-electron chi connectivity index (χ3n) is 5.08. The fraction of sp³-hybridized carbons (Fsp3) is 0.286. The number of sulfone groups is 1. The molecular weight excluding hydrogens is 702 g/mol. The van der Waals surface area contributed by atoms with Crippen LogP contribution in [0.25, 0.3) is 0 Å². The third kappa shape index (κ3) is 12.7. The Labute approximate surface area is 312 Å². The van der Waals surface area contributed by atoms with E-state index in [1.165, 1.54) is 31.4 Å². The zero-order valence-electron chi connectivity index (χ0n) is 24.7. The number of nitrogens with one attached hydrogen (secondary N) is 1. The average molecular weight is 726 g/mol. The van der Waals surface area contributed by atoms with E-state index >= 15 is 0 Å². The zero-order valence-corrected chi connectivity index (χ0v) is 32.0. The van der Waals surface area contributed by atoms with Crippen molar-refractivity contribution < 1.29 is 104 Å². The van der Waals surface area contributed by atoms with E-state index in [1.54, 1.807) is 0 Å². The molecule has 1 heterocycles. The first-order valence-corrected chi connectivity index (χ1v) is 15.6. The van der Waals surface area contributed by atoms with Gasteiger partial charge in [0.1, 0.15) is 17.1 Å². The molecule has 0 aliphatic rings. The van der Waals surface area contributed by atoms with Gasteiger partial charge in [-0.3, -0.25) is 13.7 Å². The van der Waals surface area contributed by atoms with Gasteiger partial charge >= 0.3 is 65.1 Å². The molecule has 2 aromatic carbocycles. The Morgan fingerprint density at radius 2 is 1.71 bits per heavy atom. The molecule has 0 bridgehead atoms. The minimum Gasteiger partial charge on any atom is -0.726 e. The topological polar surface area (TPSA) is 253 Å². The summed E-state index contributed by atoms with van der Waals surface area (Å²) in [5, 5.41) is 24.9. The van der Waals surface area contributed by atoms with Crippen LogP contribution in [-0.4, -0.2) is 77.0 Å². The SMILES string of the molecule is COc1ccc(S(=O)(=O)CCOS(=O)(=O)[O-])cc1N=Nc1cc(SOO[O-])c(N)cc1Nc1nc(Cl)nc([N+](C)(C)C)n1.[Na+].[Na+]. The van der Waals surface area contributed by atoms with Gasteiger partial charge in [0.15, 0.2) is 9.84 Å². The predicted octanol–water partition coefficient (Wildman–Crippen LogP) is -4.04. The molecule has 0 aliphatic heterocycles. The summed E-state index contributed by atoms with van der Waals surface area (Å²) < 4.78 is 71.2. The number of nitrogen functional groups attached to an aromatic ring is 1. The van der Waals surface area contributed by atoms with Crippen LogP contribution in [0.5, 0.6) is 5.75 Å². The molecule has 0 aliphatic carbocycles. The van der Waals surface area contributed by atoms with E-state index in [9.17, 15) is 26.6 Å². The van der Waals surface area contributed by atoms with Gasteiger partial charge in [-0.2, -0.15) is 9.32 Å². The van der Waals surface area contributed by atoms with Gasteiger partial charge in [0.25, 0.3) is 0 Å². The standard InChI is InChI=1S/C21H25ClN8O10S3.2Na/c1-30(2,3)21-26-19(22)25-20(27-21)24-14-10-13(23)18(41-40-39-31)11-15(14)28-29-16-9-12(5-6-17(16)37-4)42(32,33)8-7-38-43(34,35)36;;/h5-6,9-11H,7-8,23H2,1-4H3,(H2-,24,25,26,27,31,34,35,36);;/q;2*+1/p-1. The summed E-state index contributed by atoms with van der Waals surface area (Å²) in [6.07, 6.45) is 0. The Hall–Kier alpha value is -1.25. The van der Waals surface area contributed by atoms with Crippen LogP contribution >= 0.6 is 23.6 Å². The second kappa shape index (κ2) is 17.8. The number of hydrogen-bond donors (Lipinski definition) is 2. The number of rotatable bonds is 14. The molecule has 0 saturated heterocycles. The molecule has 45 heavy (non-hydrogen) atoms. The fourth-order valence-corrected chi connectivity index (χ4v) is 5.19. The number of benzene rings is 2. The number of hydrogen-bond acceptors (Lipinski definition) is 18. The molecule has 18 nitrogen and oxygen atoms in total. The number of ether oxygens (including phenoxy) is 1. The zero-order chi connectivity index (χ0) is 32.0. The number of aromatic nitrogens is 3. The Balaban J connectivity index is 0.00000506. The Morgan fingerprint density at radius 1 is 1.04 bits per heavy atom. The van der Waals surface area contributed by atoms with Crippen molar-refractivity contribution >= 4 is 78.5 Å². The molecule has 1 aromatic heterocycles. The fourth-order valence-electron chi connectivity index (χ4n) is 3.12. The normalized spacial score (nSPS) is 12.0. The molecular formula is C21H24ClN8Na2O10S3+. The Bertz CT molecular complexity index is 1730. The summed E-state index contributed by atoms with van der Waals surface area (Å²) in [6, 6.07) is 6.41. The molecule has 24 heteroatoms. The predicted molar refractivity (Wildman–Crippen MR) is 151 cm³/mol. The summed E-state index contributed by atoms with van der Waals surface area (Å²) in [5.41, 5.74) is 6.47. The molecule has 0 fully saturated rings. The summed E-state index contributed by atoms with van der Waals surface area (Å²) in [4.78, 5) is 12.5. The molecule has 0 amide bonds. The van der Waals surface area contributed by atoms with Gasteiger partial charge in [0, 0.05) is 5.69 Å². The van der Waals surface area contributed by atoms with Crippen LogP contribution in [-0.2, 0) is 33.8 Å². The van der Waals surface area contributed by atoms with Crippen LogP contribution in [0.3, 0.4) is 0 Å². The molecule has 0 radical (unpaired) electrons. The largest absolute Gasteiger partial charge is 1.00 e. The summed E-state index contributed by atoms with van der Waals surface area (Å²) in [6.45, 7) is -0.885. The van der Waals surface area contributed by atoms with Crippen molar-refractivity contribution in [1.29, 1.82) is 0 Å². The van der Waals surface area contributed by atoms with Crippen molar-refractivity contribution in [2.24, 2.45) is 10.2 Å². The Morgan fingerprint density at radius 3 is 2.31 bits per heavy atom. The molecule has 0 atom stereocenters. The maximum atomic E-state index is 12.7. The van der Waals surface area contributed by atoms with Crippen molar-refractivity contribution in [1.82, 2.24) is 19.4 Å². The van der Waals surface area contributed by atoms with Crippen molar-refractivity contribution in [2.75, 3.05) is 51.7 Å². The number of nitrogens with two attached hydrogens (primary N) is 1. The van der Waals surface area contributed by atoms with Gasteiger partial charge in [-0.15, -0.1) is 20.2 Å². The van der Waals surface area contributed by atoms with E-state index in [2.05, 4.69) is 44.1 Å². The quantitative estimate of drug-likeness (QED) is 0.0185. The summed E-state index contributed by atoms with van der Waals surface area (Å²) in [5.74, 6) is -0.324. The molecule has 3 aromatic rings. The number of nitrogens with zero attached hydrogens (tertiary/aromatic N) is 6. The minimum absolute atomic E-state index is 0. The monoisotopic (exact) mass is 725 g/mol. The molecule has 0 unspecified atom stereocenters. The second-order valence-corrected chi connectivity index (χ2v) is 13.3. The third-order valence-corrected chi connectivity index (χ3v) is 8.03. The minimum atomic E-state index is -5.08. The van der Waals surface area contributed by atoms with Gasteiger partial charge in [0.2, 0.25) is 21.6 Å². The Kier molecular flexibility index (Phi) is 16.5. The first-order valence-electron chi connectivity index (χ1n) is 11.5. The van der Waals surface area contributed by atoms with Gasteiger partial charge in [-0.05, 0) is 41.9 Å². The first kappa shape index (κ1) is 41.8. The number of quaternary nitrogens is 1. The van der Waals surface area contributed by atoms with E-state index < -0.39 is 32.6 Å². The second-order valence-electron chi connectivity index (χ2n) is 9.07. The average Bonchev–Trinajstić information content (AvgIpc) is 2.90. The van der Waals surface area contributed by atoms with Crippen molar-refractivity contribution in [2.45, 2.75) is 9.79 Å². The van der Waals surface area contributed by atoms with Crippen LogP contribution in [0.4, 0.5) is 34.6 Å². The molecule has 3 rings (SSSR count). The summed E-state index contributed by atoms with van der Waals surface area (Å²) in [7, 11) is -2.43. The van der Waals surface area contributed by atoms with Crippen LogP contribution in [0.2, 0.25) is 5.28 Å². The van der Waals surface area contributed by atoms with Crippen molar-refractivity contribution in [3.05, 3.63) is 35.6 Å². The van der Waals surface area contributed by atoms with Crippen LogP contribution in [0.1, 0.15) is 0 Å². The van der Waals surface area contributed by atoms with Gasteiger partial charge in [-0.1, -0.05) is 0 Å².